The number of carboxylic acid groups (broad SMARTS) is 1. The summed E-state index contributed by atoms with van der Waals surface area (Å²) in [4.78, 5) is 36.1. The van der Waals surface area contributed by atoms with Crippen molar-refractivity contribution in [1.82, 2.24) is 0 Å². The summed E-state index contributed by atoms with van der Waals surface area (Å²) in [5.74, 6) is -1.09. The number of fused-ring (bicyclic) bond motifs is 2. The van der Waals surface area contributed by atoms with Crippen LogP contribution in [-0.2, 0) is 4.79 Å². The predicted molar refractivity (Wildman–Crippen MR) is 144 cm³/mol. The van der Waals surface area contributed by atoms with Crippen molar-refractivity contribution in [2.45, 2.75) is 47.1 Å². The Balaban J connectivity index is 0.000000886. The lowest BCUT2D eigenvalue weighted by molar-refractivity contribution is -0.478. The summed E-state index contributed by atoms with van der Waals surface area (Å²) in [6.07, 6.45) is 0. The van der Waals surface area contributed by atoms with Crippen molar-refractivity contribution in [3.05, 3.63) is 88.0 Å². The van der Waals surface area contributed by atoms with E-state index >= 15 is 0 Å². The van der Waals surface area contributed by atoms with Crippen molar-refractivity contribution >= 4 is 34.6 Å². The Morgan fingerprint density at radius 2 is 1.41 bits per heavy atom. The Bertz CT molecular complexity index is 1350. The molecule has 0 bridgehead atoms. The Labute approximate surface area is 218 Å². The molecule has 1 aliphatic rings. The Hall–Kier alpha value is -3.97. The summed E-state index contributed by atoms with van der Waals surface area (Å²) in [5.41, 5.74) is 10.3. The lowest BCUT2D eigenvalue weighted by atomic mass is 9.82. The largest absolute Gasteiger partial charge is 0.550 e. The number of anilines is 3. The average Bonchev–Trinajstić information content (AvgIpc) is 2.82. The molecule has 0 amide bonds. The number of carbonyl (C=O) groups excluding carboxylic acids is 3. The van der Waals surface area contributed by atoms with Crippen LogP contribution in [0.4, 0.5) is 17.1 Å². The molecule has 0 heterocycles. The number of aliphatic carboxylic acids is 1. The molecule has 0 spiro atoms. The highest BCUT2D eigenvalue weighted by Gasteiger charge is 2.34. The molecule has 0 fully saturated rings. The minimum atomic E-state index is -1.08. The number of rotatable bonds is 6. The van der Waals surface area contributed by atoms with Gasteiger partial charge in [-0.1, -0.05) is 48.9 Å². The van der Waals surface area contributed by atoms with Crippen LogP contribution in [0.5, 0.6) is 0 Å². The maximum Gasteiger partial charge on any atom is 0.196 e. The first-order valence-electron chi connectivity index (χ1n) is 12.3. The monoisotopic (exact) mass is 501 g/mol. The van der Waals surface area contributed by atoms with Gasteiger partial charge in [0, 0.05) is 40.9 Å². The van der Waals surface area contributed by atoms with E-state index in [2.05, 4.69) is 43.2 Å². The molecule has 7 heteroatoms. The standard InChI is InChI=1S/C28H31N3O2.C2H4O2/c1-16-10-11-21(17(2)14-16)31-23-13-12-22(30-15-18(3)28(4,5)29)24-25(23)27(33)20-9-7-6-8-19(20)26(24)32;1-2(3)4/h6-14,18,30-31H,15,29H2,1-5H3;1H3,(H,3,4). The van der Waals surface area contributed by atoms with Gasteiger partial charge in [-0.05, 0) is 58.4 Å². The molecule has 1 atom stereocenters. The van der Waals surface area contributed by atoms with Crippen molar-refractivity contribution in [3.8, 4) is 0 Å². The van der Waals surface area contributed by atoms with Crippen LogP contribution in [-0.4, -0.2) is 29.6 Å². The molecule has 0 aromatic heterocycles. The van der Waals surface area contributed by atoms with E-state index in [0.29, 0.717) is 40.2 Å². The third-order valence-electron chi connectivity index (χ3n) is 6.66. The van der Waals surface area contributed by atoms with E-state index < -0.39 is 5.97 Å². The van der Waals surface area contributed by atoms with Crippen LogP contribution in [0.3, 0.4) is 0 Å². The Morgan fingerprint density at radius 3 is 1.92 bits per heavy atom. The summed E-state index contributed by atoms with van der Waals surface area (Å²) in [7, 11) is 0. The van der Waals surface area contributed by atoms with E-state index in [0.717, 1.165) is 18.2 Å². The number of benzene rings is 3. The van der Waals surface area contributed by atoms with Crippen LogP contribution in [0.25, 0.3) is 0 Å². The quantitative estimate of drug-likeness (QED) is 0.370. The minimum absolute atomic E-state index is 0.121. The second-order valence-electron chi connectivity index (χ2n) is 10.3. The fourth-order valence-electron chi connectivity index (χ4n) is 4.11. The first kappa shape index (κ1) is 27.6. The Kier molecular flexibility index (Phi) is 8.18. The molecule has 0 radical (unpaired) electrons. The number of nitrogens with one attached hydrogen (secondary N) is 2. The zero-order chi connectivity index (χ0) is 27.5. The normalized spacial score (nSPS) is 13.1. The highest BCUT2D eigenvalue weighted by atomic mass is 16.4. The highest BCUT2D eigenvalue weighted by Crippen LogP contribution is 2.38. The first-order valence-corrected chi connectivity index (χ1v) is 12.3. The van der Waals surface area contributed by atoms with Gasteiger partial charge in [-0.15, -0.1) is 0 Å². The lowest BCUT2D eigenvalue weighted by Crippen LogP contribution is -2.72. The van der Waals surface area contributed by atoms with Crippen molar-refractivity contribution in [2.75, 3.05) is 17.2 Å². The topological polar surface area (TPSA) is 126 Å². The van der Waals surface area contributed by atoms with Crippen LogP contribution in [0, 0.1) is 19.8 Å². The molecule has 0 saturated heterocycles. The summed E-state index contributed by atoms with van der Waals surface area (Å²) in [6, 6.07) is 17.0. The SMILES string of the molecule is CC(=O)[O-].Cc1ccc(Nc2ccc(NCC(C)C(C)(C)[NH3+])c3c2C(=O)c2ccccc2C3=O)c(C)c1. The summed E-state index contributed by atoms with van der Waals surface area (Å²) in [5, 5.41) is 15.7. The van der Waals surface area contributed by atoms with Crippen LogP contribution in [0.15, 0.2) is 54.6 Å². The number of hydrogen-bond acceptors (Lipinski definition) is 6. The third kappa shape index (κ3) is 6.24. The molecule has 7 nitrogen and oxygen atoms in total. The molecule has 1 unspecified atom stereocenters. The third-order valence-corrected chi connectivity index (χ3v) is 6.66. The van der Waals surface area contributed by atoms with Gasteiger partial charge < -0.3 is 26.3 Å². The van der Waals surface area contributed by atoms with Crippen LogP contribution >= 0.6 is 0 Å². The van der Waals surface area contributed by atoms with Gasteiger partial charge in [0.15, 0.2) is 11.6 Å². The molecule has 194 valence electrons. The minimum Gasteiger partial charge on any atom is -0.550 e. The molecule has 0 aliphatic heterocycles. The lowest BCUT2D eigenvalue weighted by Gasteiger charge is -2.27. The van der Waals surface area contributed by atoms with Gasteiger partial charge >= 0.3 is 0 Å². The number of carbonyl (C=O) groups is 3. The van der Waals surface area contributed by atoms with Crippen molar-refractivity contribution in [2.24, 2.45) is 5.92 Å². The first-order chi connectivity index (χ1) is 17.3. The smallest absolute Gasteiger partial charge is 0.196 e. The van der Waals surface area contributed by atoms with Gasteiger partial charge in [-0.25, -0.2) is 0 Å². The predicted octanol–water partition coefficient (Wildman–Crippen LogP) is 3.65. The molecule has 3 aromatic rings. The average molecular weight is 502 g/mol. The van der Waals surface area contributed by atoms with E-state index in [9.17, 15) is 9.59 Å². The molecule has 5 N–H and O–H groups in total. The number of quaternary nitrogens is 1. The van der Waals surface area contributed by atoms with Gasteiger partial charge in [-0.2, -0.15) is 0 Å². The van der Waals surface area contributed by atoms with Crippen LogP contribution in [0.2, 0.25) is 0 Å². The maximum atomic E-state index is 13.6. The number of carboxylic acids is 1. The summed E-state index contributed by atoms with van der Waals surface area (Å²) in [6.45, 7) is 12.0. The molecular weight excluding hydrogens is 466 g/mol. The summed E-state index contributed by atoms with van der Waals surface area (Å²) >= 11 is 0. The van der Waals surface area contributed by atoms with Crippen LogP contribution in [0.1, 0.15) is 70.7 Å². The van der Waals surface area contributed by atoms with Gasteiger partial charge in [0.2, 0.25) is 0 Å². The number of ketones is 2. The van der Waals surface area contributed by atoms with Crippen molar-refractivity contribution in [1.29, 1.82) is 0 Å². The molecule has 3 aromatic carbocycles. The van der Waals surface area contributed by atoms with E-state index in [4.69, 9.17) is 9.90 Å². The van der Waals surface area contributed by atoms with Gasteiger partial charge in [0.25, 0.3) is 0 Å². The Morgan fingerprint density at radius 1 is 0.919 bits per heavy atom. The second kappa shape index (κ2) is 11.0. The van der Waals surface area contributed by atoms with E-state index in [1.807, 2.05) is 38.1 Å². The van der Waals surface area contributed by atoms with Crippen molar-refractivity contribution in [3.63, 3.8) is 0 Å². The molecular formula is C30H35N3O4. The maximum absolute atomic E-state index is 13.6. The second-order valence-corrected chi connectivity index (χ2v) is 10.3. The van der Waals surface area contributed by atoms with Crippen LogP contribution < -0.4 is 21.5 Å². The number of aryl methyl sites for hydroxylation is 2. The highest BCUT2D eigenvalue weighted by molar-refractivity contribution is 6.32. The number of hydrogen-bond donors (Lipinski definition) is 3. The van der Waals surface area contributed by atoms with Gasteiger partial charge in [-0.3, -0.25) is 9.59 Å². The zero-order valence-corrected chi connectivity index (χ0v) is 22.3. The fraction of sp³-hybridized carbons (Fsp3) is 0.300. The molecule has 0 saturated carbocycles. The molecule has 37 heavy (non-hydrogen) atoms. The van der Waals surface area contributed by atoms with Gasteiger partial charge in [0.1, 0.15) is 0 Å². The fourth-order valence-corrected chi connectivity index (χ4v) is 4.11. The zero-order valence-electron chi connectivity index (χ0n) is 22.3. The molecule has 4 rings (SSSR count). The van der Waals surface area contributed by atoms with E-state index in [-0.39, 0.29) is 23.0 Å². The van der Waals surface area contributed by atoms with Crippen molar-refractivity contribution < 1.29 is 25.2 Å². The molecule has 1 aliphatic carbocycles. The summed E-state index contributed by atoms with van der Waals surface area (Å²) < 4.78 is 0. The van der Waals surface area contributed by atoms with E-state index in [1.165, 1.54) is 5.56 Å². The van der Waals surface area contributed by atoms with Gasteiger partial charge in [0.05, 0.1) is 22.4 Å². The van der Waals surface area contributed by atoms with E-state index in [1.54, 1.807) is 24.3 Å².